The molecule has 26 heavy (non-hydrogen) atoms. The summed E-state index contributed by atoms with van der Waals surface area (Å²) in [6.45, 7) is 12.4. The van der Waals surface area contributed by atoms with Gasteiger partial charge in [0.05, 0.1) is 13.2 Å². The molecule has 1 aromatic carbocycles. The van der Waals surface area contributed by atoms with Gasteiger partial charge in [0.1, 0.15) is 5.75 Å². The zero-order valence-electron chi connectivity index (χ0n) is 16.7. The molecule has 1 fully saturated rings. The average molecular weight is 363 g/mol. The van der Waals surface area contributed by atoms with E-state index in [2.05, 4.69) is 24.1 Å². The number of hydrogen-bond donors (Lipinski definition) is 1. The van der Waals surface area contributed by atoms with E-state index in [-0.39, 0.29) is 5.91 Å². The number of benzene rings is 1. The molecule has 5 nitrogen and oxygen atoms in total. The molecule has 1 aliphatic heterocycles. The lowest BCUT2D eigenvalue weighted by atomic mass is 9.92. The Bertz CT molecular complexity index is 554. The summed E-state index contributed by atoms with van der Waals surface area (Å²) in [6, 6.07) is 8.14. The van der Waals surface area contributed by atoms with Gasteiger partial charge in [-0.1, -0.05) is 38.8 Å². The third-order valence-corrected chi connectivity index (χ3v) is 5.26. The maximum atomic E-state index is 12.5. The fourth-order valence-electron chi connectivity index (χ4n) is 3.63. The molecule has 146 valence electrons. The molecule has 1 heterocycles. The van der Waals surface area contributed by atoms with E-state index in [1.165, 1.54) is 0 Å². The highest BCUT2D eigenvalue weighted by Crippen LogP contribution is 2.20. The predicted molar refractivity (Wildman–Crippen MR) is 105 cm³/mol. The highest BCUT2D eigenvalue weighted by atomic mass is 16.5. The number of aryl methyl sites for hydroxylation is 1. The van der Waals surface area contributed by atoms with Crippen molar-refractivity contribution in [3.63, 3.8) is 0 Å². The number of ether oxygens (including phenoxy) is 2. The van der Waals surface area contributed by atoms with Crippen molar-refractivity contribution in [1.82, 2.24) is 10.2 Å². The Balaban J connectivity index is 1.92. The highest BCUT2D eigenvalue weighted by molar-refractivity contribution is 5.80. The average Bonchev–Trinajstić information content (AvgIpc) is 2.65. The van der Waals surface area contributed by atoms with Crippen molar-refractivity contribution in [2.24, 2.45) is 5.92 Å². The molecule has 1 N–H and O–H groups in total. The minimum atomic E-state index is -0.510. The molecular formula is C21H34N2O3. The molecule has 1 amide bonds. The van der Waals surface area contributed by atoms with Crippen molar-refractivity contribution in [2.45, 2.75) is 52.7 Å². The maximum absolute atomic E-state index is 12.5. The quantitative estimate of drug-likeness (QED) is 0.734. The summed E-state index contributed by atoms with van der Waals surface area (Å²) < 4.78 is 11.3. The second kappa shape index (κ2) is 10.5. The zero-order chi connectivity index (χ0) is 18.9. The summed E-state index contributed by atoms with van der Waals surface area (Å²) in [5.41, 5.74) is 1.12. The first-order chi connectivity index (χ1) is 12.5. The Kier molecular flexibility index (Phi) is 8.39. The first kappa shape index (κ1) is 20.7. The van der Waals surface area contributed by atoms with Crippen LogP contribution in [0.1, 0.15) is 39.2 Å². The van der Waals surface area contributed by atoms with Gasteiger partial charge >= 0.3 is 0 Å². The monoisotopic (exact) mass is 362 g/mol. The number of carbonyl (C=O) groups excluding carboxylic acids is 1. The number of amides is 1. The fourth-order valence-corrected chi connectivity index (χ4v) is 3.63. The topological polar surface area (TPSA) is 50.8 Å². The lowest BCUT2D eigenvalue weighted by Gasteiger charge is -2.39. The second-order valence-electron chi connectivity index (χ2n) is 7.11. The van der Waals surface area contributed by atoms with Crippen molar-refractivity contribution in [3.05, 3.63) is 29.8 Å². The number of nitrogens with one attached hydrogen (secondary N) is 1. The first-order valence-corrected chi connectivity index (χ1v) is 9.88. The molecule has 5 heteroatoms. The third-order valence-electron chi connectivity index (χ3n) is 5.26. The number of nitrogens with zero attached hydrogens (tertiary/aromatic N) is 1. The van der Waals surface area contributed by atoms with Crippen LogP contribution < -0.4 is 10.1 Å². The maximum Gasteiger partial charge on any atom is 0.260 e. The lowest BCUT2D eigenvalue weighted by molar-refractivity contribution is -0.127. The minimum absolute atomic E-state index is 0.0595. The molecule has 1 saturated heterocycles. The Hall–Kier alpha value is -1.59. The molecular weight excluding hydrogens is 328 g/mol. The molecule has 2 unspecified atom stereocenters. The van der Waals surface area contributed by atoms with Crippen LogP contribution in [-0.4, -0.2) is 55.8 Å². The van der Waals surface area contributed by atoms with Gasteiger partial charge in [-0.3, -0.25) is 9.69 Å². The standard InChI is InChI=1S/C21H34N2O3/c1-5-18(6-2)20(23-10-12-25-13-11-23)15-22-21(24)17(4)26-19-9-7-8-16(3)14-19/h7-9,14,17-18,20H,5-6,10-13,15H2,1-4H3,(H,22,24). The Morgan fingerprint density at radius 2 is 1.96 bits per heavy atom. The number of carbonyl (C=O) groups is 1. The van der Waals surface area contributed by atoms with Crippen molar-refractivity contribution in [2.75, 3.05) is 32.8 Å². The van der Waals surface area contributed by atoms with Crippen molar-refractivity contribution < 1.29 is 14.3 Å². The summed E-state index contributed by atoms with van der Waals surface area (Å²) in [5, 5.41) is 3.12. The van der Waals surface area contributed by atoms with Gasteiger partial charge in [-0.05, 0) is 37.5 Å². The van der Waals surface area contributed by atoms with Crippen LogP contribution in [0.3, 0.4) is 0 Å². The van der Waals surface area contributed by atoms with Gasteiger partial charge in [-0.15, -0.1) is 0 Å². The van der Waals surface area contributed by atoms with Gasteiger partial charge in [-0.25, -0.2) is 0 Å². The number of hydrogen-bond acceptors (Lipinski definition) is 4. The van der Waals surface area contributed by atoms with Gasteiger partial charge in [0.15, 0.2) is 6.10 Å². The Morgan fingerprint density at radius 1 is 1.27 bits per heavy atom. The van der Waals surface area contributed by atoms with Crippen LogP contribution in [0.5, 0.6) is 5.75 Å². The van der Waals surface area contributed by atoms with Crippen LogP contribution in [0.25, 0.3) is 0 Å². The van der Waals surface area contributed by atoms with Crippen LogP contribution in [0.4, 0.5) is 0 Å². The van der Waals surface area contributed by atoms with Crippen LogP contribution >= 0.6 is 0 Å². The molecule has 2 rings (SSSR count). The van der Waals surface area contributed by atoms with E-state index in [4.69, 9.17) is 9.47 Å². The summed E-state index contributed by atoms with van der Waals surface area (Å²) >= 11 is 0. The van der Waals surface area contributed by atoms with Crippen LogP contribution in [-0.2, 0) is 9.53 Å². The molecule has 0 aromatic heterocycles. The molecule has 0 aliphatic carbocycles. The Morgan fingerprint density at radius 3 is 2.58 bits per heavy atom. The summed E-state index contributed by atoms with van der Waals surface area (Å²) in [6.07, 6.45) is 1.72. The van der Waals surface area contributed by atoms with Crippen LogP contribution in [0, 0.1) is 12.8 Å². The Labute approximate surface area is 158 Å². The molecule has 0 saturated carbocycles. The van der Waals surface area contributed by atoms with E-state index in [9.17, 15) is 4.79 Å². The first-order valence-electron chi connectivity index (χ1n) is 9.88. The summed E-state index contributed by atoms with van der Waals surface area (Å²) in [5.74, 6) is 1.24. The van der Waals surface area contributed by atoms with Crippen LogP contribution in [0.15, 0.2) is 24.3 Å². The van der Waals surface area contributed by atoms with E-state index in [0.29, 0.717) is 18.5 Å². The van der Waals surface area contributed by atoms with Crippen molar-refractivity contribution >= 4 is 5.91 Å². The number of morpholine rings is 1. The third kappa shape index (κ3) is 5.99. The smallest absolute Gasteiger partial charge is 0.260 e. The van der Waals surface area contributed by atoms with E-state index in [1.54, 1.807) is 6.92 Å². The molecule has 0 spiro atoms. The van der Waals surface area contributed by atoms with Gasteiger partial charge in [0.25, 0.3) is 5.91 Å². The van der Waals surface area contributed by atoms with E-state index in [1.807, 2.05) is 31.2 Å². The van der Waals surface area contributed by atoms with E-state index >= 15 is 0 Å². The van der Waals surface area contributed by atoms with Gasteiger partial charge in [0, 0.05) is 25.7 Å². The summed E-state index contributed by atoms with van der Waals surface area (Å²) in [4.78, 5) is 15.0. The van der Waals surface area contributed by atoms with E-state index in [0.717, 1.165) is 50.5 Å². The second-order valence-corrected chi connectivity index (χ2v) is 7.11. The van der Waals surface area contributed by atoms with Crippen molar-refractivity contribution in [1.29, 1.82) is 0 Å². The minimum Gasteiger partial charge on any atom is -0.481 e. The lowest BCUT2D eigenvalue weighted by Crippen LogP contribution is -2.53. The molecule has 1 aromatic rings. The molecule has 0 bridgehead atoms. The van der Waals surface area contributed by atoms with Crippen molar-refractivity contribution in [3.8, 4) is 5.75 Å². The molecule has 0 radical (unpaired) electrons. The SMILES string of the molecule is CCC(CC)C(CNC(=O)C(C)Oc1cccc(C)c1)N1CCOCC1. The predicted octanol–water partition coefficient (Wildman–Crippen LogP) is 3.02. The van der Waals surface area contributed by atoms with Gasteiger partial charge in [0.2, 0.25) is 0 Å². The van der Waals surface area contributed by atoms with E-state index < -0.39 is 6.10 Å². The molecule has 2 atom stereocenters. The fraction of sp³-hybridized carbons (Fsp3) is 0.667. The molecule has 1 aliphatic rings. The number of rotatable bonds is 9. The normalized spacial score (nSPS) is 17.7. The zero-order valence-corrected chi connectivity index (χ0v) is 16.7. The summed E-state index contributed by atoms with van der Waals surface area (Å²) in [7, 11) is 0. The highest BCUT2D eigenvalue weighted by Gasteiger charge is 2.28. The van der Waals surface area contributed by atoms with Gasteiger partial charge < -0.3 is 14.8 Å². The largest absolute Gasteiger partial charge is 0.481 e. The van der Waals surface area contributed by atoms with Gasteiger partial charge in [-0.2, -0.15) is 0 Å². The van der Waals surface area contributed by atoms with Crippen LogP contribution in [0.2, 0.25) is 0 Å².